The summed E-state index contributed by atoms with van der Waals surface area (Å²) < 4.78 is 117. The molecule has 10 nitrogen and oxygen atoms in total. The van der Waals surface area contributed by atoms with Crippen molar-refractivity contribution in [2.24, 2.45) is 0 Å². The molecule has 1 saturated heterocycles. The zero-order chi connectivity index (χ0) is 38.8. The Labute approximate surface area is 309 Å². The summed E-state index contributed by atoms with van der Waals surface area (Å²) in [6.07, 6.45) is 2.78. The number of esters is 1. The normalized spacial score (nSPS) is 21.8. The highest BCUT2D eigenvalue weighted by Crippen LogP contribution is 2.60. The second-order valence-electron chi connectivity index (χ2n) is 14.8. The van der Waals surface area contributed by atoms with Crippen molar-refractivity contribution >= 4 is 27.6 Å². The molecule has 2 atom stereocenters. The topological polar surface area (TPSA) is 112 Å². The average molecular weight is 779 g/mol. The Balaban J connectivity index is 1.26. The first-order valence-electron chi connectivity index (χ1n) is 17.8. The van der Waals surface area contributed by atoms with E-state index >= 15 is 8.78 Å². The van der Waals surface area contributed by atoms with Crippen molar-refractivity contribution in [1.82, 2.24) is 4.90 Å². The number of hydrogen-bond donors (Lipinski definition) is 0. The Morgan fingerprint density at radius 2 is 1.67 bits per heavy atom. The number of morpholine rings is 1. The Hall–Kier alpha value is -4.28. The highest BCUT2D eigenvalue weighted by Gasteiger charge is 2.56. The van der Waals surface area contributed by atoms with Crippen LogP contribution in [-0.4, -0.2) is 75.5 Å². The molecule has 0 radical (unpaired) electrons. The van der Waals surface area contributed by atoms with Gasteiger partial charge in [0, 0.05) is 60.9 Å². The van der Waals surface area contributed by atoms with Gasteiger partial charge < -0.3 is 23.3 Å². The minimum absolute atomic E-state index is 0.0602. The van der Waals surface area contributed by atoms with Gasteiger partial charge in [-0.2, -0.15) is 26.0 Å². The molecule has 290 valence electrons. The molecule has 1 fully saturated rings. The van der Waals surface area contributed by atoms with E-state index in [4.69, 9.17) is 14.2 Å². The highest BCUT2D eigenvalue weighted by atomic mass is 32.2. The molecule has 1 spiro atoms. The van der Waals surface area contributed by atoms with Gasteiger partial charge in [0.15, 0.2) is 17.2 Å². The van der Waals surface area contributed by atoms with Gasteiger partial charge in [-0.15, -0.1) is 0 Å². The minimum Gasteiger partial charge on any atom is -0.453 e. The minimum atomic E-state index is -6.49. The molecule has 0 N–H and O–H groups in total. The van der Waals surface area contributed by atoms with E-state index in [9.17, 15) is 31.2 Å². The average Bonchev–Trinajstić information content (AvgIpc) is 3.40. The molecule has 7 rings (SSSR count). The second kappa shape index (κ2) is 13.8. The molecule has 4 aliphatic rings. The quantitative estimate of drug-likeness (QED) is 0.0899. The van der Waals surface area contributed by atoms with Crippen molar-refractivity contribution in [3.63, 3.8) is 0 Å². The van der Waals surface area contributed by atoms with E-state index in [0.717, 1.165) is 31.6 Å². The van der Waals surface area contributed by atoms with Gasteiger partial charge in [0.1, 0.15) is 11.5 Å². The van der Waals surface area contributed by atoms with Crippen molar-refractivity contribution in [1.29, 1.82) is 0 Å². The number of Topliss-reactive ketones (excluding diaryl/α,β-unsaturated/α-hetero) is 1. The fourth-order valence-corrected chi connectivity index (χ4v) is 8.69. The maximum atomic E-state index is 16.3. The number of ether oxygens (including phenoxy) is 3. The molecule has 2 unspecified atom stereocenters. The summed E-state index contributed by atoms with van der Waals surface area (Å²) in [6, 6.07) is 10.1. The third-order valence-electron chi connectivity index (χ3n) is 10.7. The van der Waals surface area contributed by atoms with E-state index in [2.05, 4.69) is 27.8 Å². The predicted octanol–water partition coefficient (Wildman–Crippen LogP) is 7.32. The number of hydrogen-bond acceptors (Lipinski definition) is 10. The number of anilines is 1. The summed E-state index contributed by atoms with van der Waals surface area (Å²) in [5, 5.41) is 0. The van der Waals surface area contributed by atoms with Crippen LogP contribution in [-0.2, 0) is 30.0 Å². The van der Waals surface area contributed by atoms with Crippen LogP contribution in [0.2, 0.25) is 0 Å². The Bertz CT molecular complexity index is 2120. The molecule has 3 aromatic rings. The van der Waals surface area contributed by atoms with Gasteiger partial charge in [0.05, 0.1) is 24.3 Å². The van der Waals surface area contributed by atoms with Crippen molar-refractivity contribution in [3.05, 3.63) is 81.9 Å². The summed E-state index contributed by atoms with van der Waals surface area (Å²) >= 11 is 0. The van der Waals surface area contributed by atoms with Crippen LogP contribution in [0.15, 0.2) is 42.5 Å². The molecule has 4 heterocycles. The largest absolute Gasteiger partial charge is 0.534 e. The number of alkyl halides is 3. The van der Waals surface area contributed by atoms with Crippen LogP contribution < -0.4 is 13.8 Å². The molecular formula is C38H39F5N2O8S. The fraction of sp³-hybridized carbons (Fsp3) is 0.474. The summed E-state index contributed by atoms with van der Waals surface area (Å²) in [5.41, 5.74) is -6.88. The van der Waals surface area contributed by atoms with E-state index in [1.807, 2.05) is 6.92 Å². The van der Waals surface area contributed by atoms with Gasteiger partial charge in [-0.25, -0.2) is 9.18 Å². The number of fused-ring (bicyclic) bond motifs is 7. The van der Waals surface area contributed by atoms with Gasteiger partial charge in [-0.05, 0) is 69.3 Å². The van der Waals surface area contributed by atoms with E-state index in [-0.39, 0.29) is 34.1 Å². The van der Waals surface area contributed by atoms with Gasteiger partial charge in [0.2, 0.25) is 11.6 Å². The third kappa shape index (κ3) is 6.49. The number of rotatable bonds is 10. The lowest BCUT2D eigenvalue weighted by molar-refractivity contribution is -0.119. The monoisotopic (exact) mass is 778 g/mol. The SMILES string of the molecule is CC1CC(C)(C)N(CCCC(=O)CCCN2CCOCC2)c2cc3c(cc21)C1(OC(=O)c2ccccc21)c1cc(F)c(OS(=O)(=O)C(F)(F)F)c(F)c1O3. The van der Waals surface area contributed by atoms with Crippen molar-refractivity contribution in [3.8, 4) is 17.2 Å². The fourth-order valence-electron chi connectivity index (χ4n) is 8.23. The molecule has 0 saturated carbocycles. The number of halogens is 5. The Morgan fingerprint density at radius 3 is 2.37 bits per heavy atom. The first kappa shape index (κ1) is 38.0. The molecule has 4 aliphatic heterocycles. The first-order chi connectivity index (χ1) is 25.4. The first-order valence-corrected chi connectivity index (χ1v) is 19.2. The summed E-state index contributed by atoms with van der Waals surface area (Å²) in [7, 11) is -6.49. The lowest BCUT2D eigenvalue weighted by Gasteiger charge is -2.48. The van der Waals surface area contributed by atoms with Crippen LogP contribution in [0.25, 0.3) is 0 Å². The molecular weight excluding hydrogens is 739 g/mol. The Kier molecular flexibility index (Phi) is 9.70. The number of carbonyl (C=O) groups excluding carboxylic acids is 2. The molecule has 0 bridgehead atoms. The van der Waals surface area contributed by atoms with Crippen molar-refractivity contribution in [2.75, 3.05) is 44.3 Å². The summed E-state index contributed by atoms with van der Waals surface area (Å²) in [5.74, 6) is -7.21. The maximum Gasteiger partial charge on any atom is 0.534 e. The van der Waals surface area contributed by atoms with Crippen molar-refractivity contribution < 1.29 is 58.4 Å². The van der Waals surface area contributed by atoms with E-state index in [0.29, 0.717) is 57.2 Å². The lowest BCUT2D eigenvalue weighted by atomic mass is 9.74. The number of nitrogens with zero attached hydrogens (tertiary/aromatic N) is 2. The van der Waals surface area contributed by atoms with Crippen LogP contribution in [0, 0.1) is 11.6 Å². The van der Waals surface area contributed by atoms with Gasteiger partial charge >= 0.3 is 21.6 Å². The molecule has 16 heteroatoms. The maximum absolute atomic E-state index is 16.3. The van der Waals surface area contributed by atoms with Gasteiger partial charge in [0.25, 0.3) is 0 Å². The molecule has 0 aliphatic carbocycles. The zero-order valence-electron chi connectivity index (χ0n) is 29.9. The van der Waals surface area contributed by atoms with Crippen LogP contribution in [0.3, 0.4) is 0 Å². The van der Waals surface area contributed by atoms with Gasteiger partial charge in [-0.1, -0.05) is 25.1 Å². The van der Waals surface area contributed by atoms with Crippen LogP contribution in [0.4, 0.5) is 27.6 Å². The predicted molar refractivity (Wildman–Crippen MR) is 185 cm³/mol. The second-order valence-corrected chi connectivity index (χ2v) is 16.3. The molecule has 54 heavy (non-hydrogen) atoms. The third-order valence-corrected chi connectivity index (χ3v) is 11.7. The highest BCUT2D eigenvalue weighted by molar-refractivity contribution is 7.88. The number of carbonyl (C=O) groups is 2. The molecule has 0 aromatic heterocycles. The standard InChI is InChI=1S/C38H39F5N2O8S/c1-22-21-36(2,3)45(13-7-9-23(46)8-6-12-44-14-16-50-17-15-44)30-20-31-27(18-25(22)30)37(26-11-5-4-10-24(26)35(47)52-37)28-19-29(39)34(32(40)33(28)51-31)53-54(48,49)38(41,42)43/h4-5,10-11,18-20,22H,6-9,12-17,21H2,1-3H3. The van der Waals surface area contributed by atoms with E-state index in [1.54, 1.807) is 24.3 Å². The van der Waals surface area contributed by atoms with Crippen LogP contribution in [0.1, 0.15) is 91.4 Å². The zero-order valence-corrected chi connectivity index (χ0v) is 30.7. The van der Waals surface area contributed by atoms with E-state index < -0.39 is 61.4 Å². The Morgan fingerprint density at radius 1 is 0.981 bits per heavy atom. The molecule has 0 amide bonds. The molecule has 3 aromatic carbocycles. The van der Waals surface area contributed by atoms with Gasteiger partial charge in [-0.3, -0.25) is 9.69 Å². The lowest BCUT2D eigenvalue weighted by Crippen LogP contribution is -2.49. The number of ketones is 1. The van der Waals surface area contributed by atoms with Crippen LogP contribution >= 0.6 is 0 Å². The summed E-state index contributed by atoms with van der Waals surface area (Å²) in [4.78, 5) is 30.7. The van der Waals surface area contributed by atoms with Crippen molar-refractivity contribution in [2.45, 2.75) is 75.4 Å². The van der Waals surface area contributed by atoms with Crippen LogP contribution in [0.5, 0.6) is 17.2 Å². The van der Waals surface area contributed by atoms with E-state index in [1.165, 1.54) is 12.1 Å². The summed E-state index contributed by atoms with van der Waals surface area (Å²) in [6.45, 7) is 10.5. The number of benzene rings is 3. The smallest absolute Gasteiger partial charge is 0.453 e.